The van der Waals surface area contributed by atoms with Crippen LogP contribution in [0.5, 0.6) is 11.5 Å². The van der Waals surface area contributed by atoms with Crippen LogP contribution in [0, 0.1) is 88.5 Å². The van der Waals surface area contributed by atoms with Crippen molar-refractivity contribution >= 4 is 134 Å². The van der Waals surface area contributed by atoms with E-state index < -0.39 is 17.4 Å². The molecule has 38 nitrogen and oxygen atoms in total. The Bertz CT molecular complexity index is 9280. The zero-order chi connectivity index (χ0) is 98.9. The van der Waals surface area contributed by atoms with Crippen LogP contribution in [-0.2, 0) is 26.2 Å². The van der Waals surface area contributed by atoms with E-state index in [0.29, 0.717) is 167 Å². The van der Waals surface area contributed by atoms with Crippen molar-refractivity contribution < 1.29 is 19.0 Å². The highest BCUT2D eigenvalue weighted by Gasteiger charge is 2.30. The number of nitrogens with zero attached hydrogens (tertiary/aromatic N) is 28. The number of nitrogens with two attached hydrogens (primary N) is 4. The number of phenols is 2. The van der Waals surface area contributed by atoms with Gasteiger partial charge in [-0.2, -0.15) is 20.4 Å². The number of aromatic hydroxyl groups is 2. The molecule has 10 N–H and O–H groups in total. The fourth-order valence-electron chi connectivity index (χ4n) is 17.2. The fraction of sp³-hybridized carbons (Fsp3) is 0.149. The number of phenolic OH excluding ortho intramolecular Hbond substituents is 2. The average Bonchev–Trinajstić information content (AvgIpc) is 1.61. The first kappa shape index (κ1) is 91.4. The van der Waals surface area contributed by atoms with Gasteiger partial charge in [-0.25, -0.2) is 107 Å². The van der Waals surface area contributed by atoms with Gasteiger partial charge in [-0.15, -0.1) is 0 Å². The molecular weight excluding hydrogens is 1920 g/mol. The quantitative estimate of drug-likeness (QED) is 0.0435. The molecule has 0 amide bonds. The number of para-hydroxylation sites is 4. The first-order chi connectivity index (χ1) is 68.6. The van der Waals surface area contributed by atoms with Crippen LogP contribution < -0.4 is 45.2 Å². The van der Waals surface area contributed by atoms with Crippen molar-refractivity contribution in [3.05, 3.63) is 338 Å². The second kappa shape index (κ2) is 37.3. The van der Waals surface area contributed by atoms with E-state index in [0.717, 1.165) is 80.9 Å². The predicted octanol–water partition coefficient (Wildman–Crippen LogP) is 13.1. The van der Waals surface area contributed by atoms with Crippen molar-refractivity contribution in [3.8, 4) is 68.6 Å². The first-order valence-corrected chi connectivity index (χ1v) is 45.5. The lowest BCUT2D eigenvalue weighted by Gasteiger charge is -2.16. The number of aromatic nitrogens is 28. The molecule has 0 spiro atoms. The molecule has 0 saturated heterocycles. The minimum Gasteiger partial charge on any atom is -0.508 e. The number of anilines is 4. The van der Waals surface area contributed by atoms with Gasteiger partial charge in [0.1, 0.15) is 130 Å². The third kappa shape index (κ3) is 17.0. The van der Waals surface area contributed by atoms with Gasteiger partial charge < -0.3 is 33.1 Å². The molecule has 1 fully saturated rings. The van der Waals surface area contributed by atoms with E-state index in [2.05, 4.69) is 104 Å². The Morgan fingerprint density at radius 2 is 0.690 bits per heavy atom. The van der Waals surface area contributed by atoms with E-state index in [-0.39, 0.29) is 71.5 Å². The van der Waals surface area contributed by atoms with Crippen molar-refractivity contribution in [3.63, 3.8) is 0 Å². The molecule has 0 aliphatic heterocycles. The van der Waals surface area contributed by atoms with Crippen LogP contribution in [-0.4, -0.2) is 147 Å². The van der Waals surface area contributed by atoms with Crippen molar-refractivity contribution in [1.82, 2.24) is 137 Å². The highest BCUT2D eigenvalue weighted by Crippen LogP contribution is 2.38. The second-order valence-electron chi connectivity index (χ2n) is 33.8. The summed E-state index contributed by atoms with van der Waals surface area (Å²) in [5, 5.41) is 42.6. The third-order valence-electron chi connectivity index (χ3n) is 24.3. The van der Waals surface area contributed by atoms with Gasteiger partial charge in [0.15, 0.2) is 56.7 Å². The molecule has 1 saturated carbocycles. The van der Waals surface area contributed by atoms with Crippen molar-refractivity contribution in [2.24, 2.45) is 5.92 Å². The topological polar surface area (TPSA) is 510 Å². The lowest BCUT2D eigenvalue weighted by Crippen LogP contribution is -2.27. The fourth-order valence-corrected chi connectivity index (χ4v) is 17.9. The summed E-state index contributed by atoms with van der Waals surface area (Å²) in [6.45, 7) is 15.7. The molecule has 41 heteroatoms. The van der Waals surface area contributed by atoms with Crippen LogP contribution in [0.25, 0.3) is 134 Å². The number of benzene rings is 6. The summed E-state index contributed by atoms with van der Waals surface area (Å²) in [4.78, 5) is 126. The molecule has 23 rings (SSSR count). The summed E-state index contributed by atoms with van der Waals surface area (Å²) >= 11 is 2.10. The zero-order valence-electron chi connectivity index (χ0n) is 76.9. The molecule has 22 aromatic rings. The van der Waals surface area contributed by atoms with E-state index in [1.165, 1.54) is 54.3 Å². The van der Waals surface area contributed by atoms with Crippen molar-refractivity contribution in [2.45, 2.75) is 94.4 Å². The Hall–Kier alpha value is -18.4. The summed E-state index contributed by atoms with van der Waals surface area (Å²) in [5.74, 6) is 7.35. The Kier molecular flexibility index (Phi) is 24.0. The minimum absolute atomic E-state index is 0.0172. The molecular formula is C101H81F2IN32O6. The highest BCUT2D eigenvalue weighted by atomic mass is 127. The number of halogens is 3. The number of rotatable bonds is 14. The lowest BCUT2D eigenvalue weighted by molar-refractivity contribution is 0.432. The Morgan fingerprint density at radius 1 is 0.359 bits per heavy atom. The van der Waals surface area contributed by atoms with Crippen molar-refractivity contribution in [1.29, 1.82) is 0 Å². The van der Waals surface area contributed by atoms with E-state index in [9.17, 15) is 38.2 Å². The van der Waals surface area contributed by atoms with Crippen LogP contribution >= 0.6 is 22.6 Å². The summed E-state index contributed by atoms with van der Waals surface area (Å²) in [5.41, 5.74) is 38.7. The maximum Gasteiger partial charge on any atom is 0.267 e. The zero-order valence-corrected chi connectivity index (χ0v) is 79.1. The van der Waals surface area contributed by atoms with Crippen LogP contribution in [0.4, 0.5) is 32.1 Å². The number of aryl methyl sites for hydroxylation is 8. The van der Waals surface area contributed by atoms with E-state index in [4.69, 9.17) is 53.1 Å². The Morgan fingerprint density at radius 3 is 1.05 bits per heavy atom. The van der Waals surface area contributed by atoms with Crippen LogP contribution in [0.15, 0.2) is 227 Å². The molecule has 702 valence electrons. The van der Waals surface area contributed by atoms with Gasteiger partial charge >= 0.3 is 0 Å². The van der Waals surface area contributed by atoms with E-state index >= 15 is 0 Å². The van der Waals surface area contributed by atoms with Crippen molar-refractivity contribution in [2.75, 3.05) is 22.9 Å². The monoisotopic (exact) mass is 2000 g/mol. The Labute approximate surface area is 815 Å². The van der Waals surface area contributed by atoms with Crippen LogP contribution in [0.2, 0.25) is 0 Å². The first-order valence-electron chi connectivity index (χ1n) is 44.4. The maximum atomic E-state index is 14.2. The molecule has 0 bridgehead atoms. The molecule has 0 atom stereocenters. The maximum absolute atomic E-state index is 14.2. The number of hydrogen-bond donors (Lipinski definition) is 6. The minimum atomic E-state index is -0.757. The van der Waals surface area contributed by atoms with Gasteiger partial charge in [0.2, 0.25) is 0 Å². The number of pyridine rings is 4. The van der Waals surface area contributed by atoms with E-state index in [1.54, 1.807) is 69.2 Å². The SMILES string of the molecule is Cc1ccccc1-n1c(Cn2nc(-c3cc(O)cc(F)c3)c3c(N)ncnc32)nc2nccc(C)c2c1=O.Cc1ccccc1-n1c(Cn2nc(-c3ccc(F)c(O)c3)c3c(N)ncnc32)nc2nccc(C)c2c1=O.Cc1ccccc1-n1c(Cn2nc(C#CC3CC3)c3c(N)ncnc32)nc2nccc(C)c2c1=O.Cc1ccccc1-n1c(Cn2nc(I)c3c(N)ncnc32)nc2nccc(C)c2c1=O. The smallest absolute Gasteiger partial charge is 0.267 e. The molecule has 0 unspecified atom stereocenters. The van der Waals surface area contributed by atoms with Crippen LogP contribution in [0.3, 0.4) is 0 Å². The van der Waals surface area contributed by atoms with Crippen LogP contribution in [0.1, 0.15) is 86.3 Å². The molecule has 16 heterocycles. The molecule has 0 radical (unpaired) electrons. The van der Waals surface area contributed by atoms with Gasteiger partial charge in [0, 0.05) is 47.9 Å². The van der Waals surface area contributed by atoms with E-state index in [1.807, 2.05) is 165 Å². The highest BCUT2D eigenvalue weighted by molar-refractivity contribution is 14.1. The lowest BCUT2D eigenvalue weighted by atomic mass is 10.1. The summed E-state index contributed by atoms with van der Waals surface area (Å²) < 4.78 is 41.5. The number of fused-ring (bicyclic) bond motifs is 8. The van der Waals surface area contributed by atoms with Gasteiger partial charge in [-0.1, -0.05) is 78.7 Å². The summed E-state index contributed by atoms with van der Waals surface area (Å²) in [6, 6.07) is 45.2. The molecule has 16 aromatic heterocycles. The normalized spacial score (nSPS) is 11.9. The molecule has 1 aliphatic rings. The summed E-state index contributed by atoms with van der Waals surface area (Å²) in [7, 11) is 0. The number of hydrogen-bond acceptors (Lipinski definition) is 30. The standard InChI is InChI=1S/2C27H21FN8O2.C26H22N8O.C21H17IN8O/c1-14-5-3-4-6-19(14)36-20(33-25-21(27(36)38)15(2)7-8-30-25)12-35-26-22(24(29)31-13-32-26)23(34-35)16-9-17(28)11-18(37)10-16;1-14-5-3-4-6-18(14)36-20(33-25-21(27(36)38)15(2)9-10-30-25)12-35-26-22(24(29)31-13-32-26)23(34-35)16-7-8-17(28)19(37)11-16;1-15-5-3-4-6-19(15)34-20(31-24-21(26(34)35)16(2)11-12-28-24)13-33-25-22(23(27)29-14-30-25)18(32-33)10-9-17-7-8-17;1-11-5-3-4-6-13(11)30-14(27-19-15(21(30)31)12(2)7-8-24-19)9-29-20-16(17(22)28-29)18(23)25-10-26-20/h2*3-11,13,37H,12H2,1-2H3,(H2,29,31,32);3-6,11-12,14,17H,7-8,13H2,1-2H3,(H2,27,29,30);3-8,10H,9H2,1-2H3,(H2,23,25,26). The molecule has 6 aromatic carbocycles. The largest absolute Gasteiger partial charge is 0.508 e. The van der Waals surface area contributed by atoms with Gasteiger partial charge in [-0.3, -0.25) is 37.4 Å². The van der Waals surface area contributed by atoms with Gasteiger partial charge in [0.05, 0.1) is 65.8 Å². The molecule has 142 heavy (non-hydrogen) atoms. The second-order valence-corrected chi connectivity index (χ2v) is 34.9. The molecule has 1 aliphatic carbocycles. The predicted molar refractivity (Wildman–Crippen MR) is 540 cm³/mol. The van der Waals surface area contributed by atoms with Gasteiger partial charge in [0.25, 0.3) is 22.2 Å². The third-order valence-corrected chi connectivity index (χ3v) is 25.1. The number of nitrogen functional groups attached to an aromatic ring is 4. The van der Waals surface area contributed by atoms with Gasteiger partial charge in [-0.05, 0) is 220 Å². The average molecular weight is 2000 g/mol. The summed E-state index contributed by atoms with van der Waals surface area (Å²) in [6.07, 6.45) is 14.2. The Balaban J connectivity index is 0.000000116.